The lowest BCUT2D eigenvalue weighted by molar-refractivity contribution is -0.233. The summed E-state index contributed by atoms with van der Waals surface area (Å²) >= 11 is 0. The van der Waals surface area contributed by atoms with Crippen molar-refractivity contribution in [1.82, 2.24) is 5.01 Å². The van der Waals surface area contributed by atoms with E-state index in [2.05, 4.69) is 88.1 Å². The number of rotatable bonds is 0. The van der Waals surface area contributed by atoms with Crippen LogP contribution in [0.3, 0.4) is 0 Å². The molecule has 0 atom stereocenters. The summed E-state index contributed by atoms with van der Waals surface area (Å²) in [6.45, 7) is 28.5. The van der Waals surface area contributed by atoms with E-state index < -0.39 is 0 Å². The number of piperidine rings is 1. The van der Waals surface area contributed by atoms with Crippen LogP contribution in [0, 0.1) is 21.7 Å². The molecular formula is C21H44N2. The molecule has 2 nitrogen and oxygen atoms in total. The second-order valence-electron chi connectivity index (χ2n) is 11.9. The van der Waals surface area contributed by atoms with Gasteiger partial charge in [-0.05, 0) is 40.9 Å². The zero-order valence-electron chi connectivity index (χ0n) is 18.1. The van der Waals surface area contributed by atoms with Crippen LogP contribution in [0.1, 0.15) is 102 Å². The van der Waals surface area contributed by atoms with E-state index in [-0.39, 0.29) is 32.7 Å². The average Bonchev–Trinajstić information content (AvgIpc) is 2.21. The molecule has 0 saturated carbocycles. The van der Waals surface area contributed by atoms with E-state index in [1.54, 1.807) is 0 Å². The van der Waals surface area contributed by atoms with Gasteiger partial charge in [-0.3, -0.25) is 5.84 Å². The predicted octanol–water partition coefficient (Wildman–Crippen LogP) is 6.01. The molecule has 0 aromatic heterocycles. The van der Waals surface area contributed by atoms with Gasteiger partial charge in [0.2, 0.25) is 0 Å². The van der Waals surface area contributed by atoms with Gasteiger partial charge in [0, 0.05) is 11.1 Å². The molecule has 2 heteroatoms. The molecule has 1 heterocycles. The maximum Gasteiger partial charge on any atom is 0.0454 e. The maximum atomic E-state index is 7.17. The summed E-state index contributed by atoms with van der Waals surface area (Å²) in [5, 5.41) is 2.35. The van der Waals surface area contributed by atoms with Gasteiger partial charge in [0.1, 0.15) is 0 Å². The van der Waals surface area contributed by atoms with Crippen molar-refractivity contribution >= 4 is 0 Å². The van der Waals surface area contributed by atoms with Gasteiger partial charge in [0.25, 0.3) is 0 Å². The quantitative estimate of drug-likeness (QED) is 0.553. The van der Waals surface area contributed by atoms with Gasteiger partial charge in [-0.15, -0.1) is 0 Å². The average molecular weight is 325 g/mol. The number of hydrazine groups is 1. The highest BCUT2D eigenvalue weighted by Crippen LogP contribution is 2.62. The fraction of sp³-hybridized carbons (Fsp3) is 1.00. The number of nitrogens with two attached hydrogens (primary N) is 1. The van der Waals surface area contributed by atoms with Crippen LogP contribution in [0.2, 0.25) is 0 Å². The van der Waals surface area contributed by atoms with Crippen molar-refractivity contribution in [2.24, 2.45) is 27.5 Å². The Morgan fingerprint density at radius 1 is 0.565 bits per heavy atom. The Morgan fingerprint density at radius 2 is 0.783 bits per heavy atom. The van der Waals surface area contributed by atoms with Gasteiger partial charge in [-0.2, -0.15) is 0 Å². The fourth-order valence-electron chi connectivity index (χ4n) is 6.36. The highest BCUT2D eigenvalue weighted by molar-refractivity contribution is 5.18. The molecule has 0 bridgehead atoms. The van der Waals surface area contributed by atoms with Crippen LogP contribution < -0.4 is 5.84 Å². The summed E-state index contributed by atoms with van der Waals surface area (Å²) in [6.07, 6.45) is 3.59. The van der Waals surface area contributed by atoms with E-state index in [9.17, 15) is 0 Å². The molecule has 1 aliphatic rings. The molecule has 138 valence electrons. The smallest absolute Gasteiger partial charge is 0.0454 e. The van der Waals surface area contributed by atoms with Crippen molar-refractivity contribution in [1.29, 1.82) is 0 Å². The van der Waals surface area contributed by atoms with E-state index in [4.69, 9.17) is 5.84 Å². The first-order chi connectivity index (χ1) is 9.86. The fourth-order valence-corrected chi connectivity index (χ4v) is 6.36. The predicted molar refractivity (Wildman–Crippen MR) is 103 cm³/mol. The van der Waals surface area contributed by atoms with Crippen molar-refractivity contribution in [2.75, 3.05) is 0 Å². The van der Waals surface area contributed by atoms with Crippen LogP contribution >= 0.6 is 0 Å². The lowest BCUT2D eigenvalue weighted by atomic mass is 9.48. The lowest BCUT2D eigenvalue weighted by Gasteiger charge is -2.71. The summed E-state index contributed by atoms with van der Waals surface area (Å²) in [6, 6.07) is 0. The SMILES string of the molecule is CC(C)(C)C1(C(C)(C)C)CCCC(C(C)(C)C)(C(C)(C)C)N1N. The molecule has 0 unspecified atom stereocenters. The second-order valence-corrected chi connectivity index (χ2v) is 11.9. The van der Waals surface area contributed by atoms with Crippen molar-refractivity contribution < 1.29 is 0 Å². The molecule has 1 aliphatic heterocycles. The molecule has 2 N–H and O–H groups in total. The zero-order valence-corrected chi connectivity index (χ0v) is 18.1. The molecule has 1 saturated heterocycles. The lowest BCUT2D eigenvalue weighted by Crippen LogP contribution is -2.80. The van der Waals surface area contributed by atoms with E-state index in [0.29, 0.717) is 0 Å². The van der Waals surface area contributed by atoms with Gasteiger partial charge in [-0.25, -0.2) is 5.01 Å². The Bertz CT molecular complexity index is 353. The summed E-state index contributed by atoms with van der Waals surface area (Å²) in [5.41, 5.74) is 0.395. The van der Waals surface area contributed by atoms with Crippen molar-refractivity contribution in [2.45, 2.75) is 113 Å². The molecular weight excluding hydrogens is 280 g/mol. The van der Waals surface area contributed by atoms with Gasteiger partial charge in [0.15, 0.2) is 0 Å². The molecule has 0 aromatic rings. The van der Waals surface area contributed by atoms with Crippen LogP contribution in [0.5, 0.6) is 0 Å². The van der Waals surface area contributed by atoms with Crippen LogP contribution in [0.25, 0.3) is 0 Å². The number of nitrogens with zero attached hydrogens (tertiary/aromatic N) is 1. The van der Waals surface area contributed by atoms with Crippen LogP contribution in [-0.4, -0.2) is 16.1 Å². The van der Waals surface area contributed by atoms with Crippen LogP contribution in [0.15, 0.2) is 0 Å². The first kappa shape index (κ1) is 21.0. The van der Waals surface area contributed by atoms with Crippen molar-refractivity contribution in [3.63, 3.8) is 0 Å². The maximum absolute atomic E-state index is 7.17. The molecule has 1 fully saturated rings. The first-order valence-corrected chi connectivity index (χ1v) is 9.41. The minimum absolute atomic E-state index is 0.0290. The van der Waals surface area contributed by atoms with E-state index in [1.165, 1.54) is 19.3 Å². The van der Waals surface area contributed by atoms with E-state index in [0.717, 1.165) is 0 Å². The topological polar surface area (TPSA) is 29.3 Å². The summed E-state index contributed by atoms with van der Waals surface area (Å²) in [4.78, 5) is 0. The third-order valence-electron chi connectivity index (χ3n) is 6.86. The summed E-state index contributed by atoms with van der Waals surface area (Å²) < 4.78 is 0. The Hall–Kier alpha value is -0.0800. The first-order valence-electron chi connectivity index (χ1n) is 9.41. The van der Waals surface area contributed by atoms with E-state index in [1.807, 2.05) is 0 Å². The van der Waals surface area contributed by atoms with Crippen LogP contribution in [0.4, 0.5) is 0 Å². The molecule has 0 aromatic carbocycles. The minimum Gasteiger partial charge on any atom is -0.268 e. The monoisotopic (exact) mass is 324 g/mol. The largest absolute Gasteiger partial charge is 0.268 e. The number of hydrogen-bond acceptors (Lipinski definition) is 2. The molecule has 1 rings (SSSR count). The van der Waals surface area contributed by atoms with Crippen molar-refractivity contribution in [3.05, 3.63) is 0 Å². The second kappa shape index (κ2) is 5.46. The Balaban J connectivity index is 3.76. The minimum atomic E-state index is -0.0290. The molecule has 0 radical (unpaired) electrons. The van der Waals surface area contributed by atoms with Gasteiger partial charge in [0.05, 0.1) is 0 Å². The Labute approximate surface area is 146 Å². The van der Waals surface area contributed by atoms with Gasteiger partial charge in [-0.1, -0.05) is 83.1 Å². The highest BCUT2D eigenvalue weighted by Gasteiger charge is 2.66. The normalized spacial score (nSPS) is 23.9. The van der Waals surface area contributed by atoms with Gasteiger partial charge < -0.3 is 0 Å². The molecule has 0 spiro atoms. The van der Waals surface area contributed by atoms with Gasteiger partial charge >= 0.3 is 0 Å². The Morgan fingerprint density at radius 3 is 0.957 bits per heavy atom. The van der Waals surface area contributed by atoms with Crippen molar-refractivity contribution in [3.8, 4) is 0 Å². The Kier molecular flexibility index (Phi) is 4.98. The molecule has 23 heavy (non-hydrogen) atoms. The zero-order chi connectivity index (χ0) is 18.7. The summed E-state index contributed by atoms with van der Waals surface area (Å²) in [7, 11) is 0. The highest BCUT2D eigenvalue weighted by atomic mass is 15.5. The standard InChI is InChI=1S/C21H44N2/c1-16(2,3)20(17(4,5)6)14-13-15-21(23(20)22,18(7,8)9)19(10,11)12/h13-15,22H2,1-12H3. The third kappa shape index (κ3) is 2.78. The third-order valence-corrected chi connectivity index (χ3v) is 6.86. The molecule has 0 aliphatic carbocycles. The van der Waals surface area contributed by atoms with E-state index >= 15 is 0 Å². The number of hydrogen-bond donors (Lipinski definition) is 1. The molecule has 0 amide bonds. The van der Waals surface area contributed by atoms with Crippen LogP contribution in [-0.2, 0) is 0 Å². The summed E-state index contributed by atoms with van der Waals surface area (Å²) in [5.74, 6) is 7.17.